The number of hydrogen-bond acceptors (Lipinski definition) is 3. The molecule has 2 amide bonds. The van der Waals surface area contributed by atoms with Crippen molar-refractivity contribution >= 4 is 23.2 Å². The molecule has 1 aliphatic rings. The summed E-state index contributed by atoms with van der Waals surface area (Å²) in [4.78, 5) is 24.6. The number of carbonyl (C=O) groups is 2. The Morgan fingerprint density at radius 2 is 1.86 bits per heavy atom. The first-order valence-corrected chi connectivity index (χ1v) is 9.08. The lowest BCUT2D eigenvalue weighted by atomic mass is 10.1. The zero-order valence-corrected chi connectivity index (χ0v) is 15.0. The quantitative estimate of drug-likeness (QED) is 0.670. The molecule has 4 rings (SSSR count). The van der Waals surface area contributed by atoms with Crippen LogP contribution in [0.5, 0.6) is 0 Å². The second-order valence-corrected chi connectivity index (χ2v) is 6.86. The summed E-state index contributed by atoms with van der Waals surface area (Å²) in [7, 11) is 0. The maximum atomic E-state index is 14.1. The van der Waals surface area contributed by atoms with Crippen LogP contribution in [0.1, 0.15) is 23.7 Å². The number of rotatable bonds is 6. The van der Waals surface area contributed by atoms with Crippen molar-refractivity contribution in [3.63, 3.8) is 0 Å². The van der Waals surface area contributed by atoms with Crippen LogP contribution in [-0.4, -0.2) is 11.8 Å². The molecule has 28 heavy (non-hydrogen) atoms. The molecule has 1 heterocycles. The predicted octanol–water partition coefficient (Wildman–Crippen LogP) is 4.34. The van der Waals surface area contributed by atoms with E-state index in [4.69, 9.17) is 4.42 Å². The van der Waals surface area contributed by atoms with Crippen molar-refractivity contribution in [1.29, 1.82) is 0 Å². The summed E-state index contributed by atoms with van der Waals surface area (Å²) < 4.78 is 19.4. The number of anilines is 2. The maximum Gasteiger partial charge on any atom is 0.228 e. The molecule has 1 fully saturated rings. The molecule has 142 valence electrons. The van der Waals surface area contributed by atoms with Crippen LogP contribution < -0.4 is 10.6 Å². The highest BCUT2D eigenvalue weighted by Gasteiger charge is 2.45. The number of benzene rings is 2. The molecule has 0 radical (unpaired) electrons. The fourth-order valence-corrected chi connectivity index (χ4v) is 3.21. The fraction of sp³-hybridized carbons (Fsp3) is 0.182. The molecule has 0 aliphatic heterocycles. The zero-order valence-electron chi connectivity index (χ0n) is 15.0. The molecule has 2 aromatic carbocycles. The number of nitrogens with one attached hydrogen (secondary N) is 2. The molecular weight excluding hydrogens is 359 g/mol. The van der Waals surface area contributed by atoms with E-state index in [1.807, 2.05) is 36.4 Å². The SMILES string of the molecule is O=C(Cc1ccccc1)Nc1cc(NC(=O)C2CC2c2ccco2)ccc1F. The summed E-state index contributed by atoms with van der Waals surface area (Å²) in [6.07, 6.45) is 2.46. The number of furan rings is 1. The van der Waals surface area contributed by atoms with Gasteiger partial charge in [0.2, 0.25) is 11.8 Å². The third-order valence-corrected chi connectivity index (χ3v) is 4.75. The van der Waals surface area contributed by atoms with Crippen molar-refractivity contribution < 1.29 is 18.4 Å². The molecule has 3 aromatic rings. The van der Waals surface area contributed by atoms with Crippen molar-refractivity contribution in [3.8, 4) is 0 Å². The first-order chi connectivity index (χ1) is 13.6. The molecular formula is C22H19FN2O3. The van der Waals surface area contributed by atoms with E-state index in [0.29, 0.717) is 5.69 Å². The molecule has 2 unspecified atom stereocenters. The highest BCUT2D eigenvalue weighted by atomic mass is 19.1. The van der Waals surface area contributed by atoms with E-state index < -0.39 is 5.82 Å². The van der Waals surface area contributed by atoms with Crippen LogP contribution in [0.3, 0.4) is 0 Å². The standard InChI is InChI=1S/C22H19FN2O3/c23-18-9-8-15(24-22(27)17-13-16(17)20-7-4-10-28-20)12-19(18)25-21(26)11-14-5-2-1-3-6-14/h1-10,12,16-17H,11,13H2,(H,24,27)(H,25,26). The van der Waals surface area contributed by atoms with Crippen LogP contribution in [-0.2, 0) is 16.0 Å². The minimum atomic E-state index is -0.556. The molecule has 2 N–H and O–H groups in total. The Balaban J connectivity index is 1.38. The van der Waals surface area contributed by atoms with Crippen LogP contribution >= 0.6 is 0 Å². The van der Waals surface area contributed by atoms with Gasteiger partial charge in [-0.2, -0.15) is 0 Å². The minimum absolute atomic E-state index is 0.0390. The van der Waals surface area contributed by atoms with Gasteiger partial charge in [-0.25, -0.2) is 4.39 Å². The van der Waals surface area contributed by atoms with Gasteiger partial charge in [-0.05, 0) is 42.3 Å². The van der Waals surface area contributed by atoms with E-state index in [1.54, 1.807) is 12.3 Å². The molecule has 5 nitrogen and oxygen atoms in total. The lowest BCUT2D eigenvalue weighted by molar-refractivity contribution is -0.117. The van der Waals surface area contributed by atoms with Crippen LogP contribution in [0.15, 0.2) is 71.3 Å². The summed E-state index contributed by atoms with van der Waals surface area (Å²) >= 11 is 0. The smallest absolute Gasteiger partial charge is 0.228 e. The molecule has 6 heteroatoms. The Labute approximate surface area is 161 Å². The second-order valence-electron chi connectivity index (χ2n) is 6.86. The Morgan fingerprint density at radius 1 is 1.04 bits per heavy atom. The fourth-order valence-electron chi connectivity index (χ4n) is 3.21. The predicted molar refractivity (Wildman–Crippen MR) is 103 cm³/mol. The van der Waals surface area contributed by atoms with E-state index in [9.17, 15) is 14.0 Å². The van der Waals surface area contributed by atoms with Gasteiger partial charge < -0.3 is 15.1 Å². The van der Waals surface area contributed by atoms with Gasteiger partial charge in [-0.1, -0.05) is 30.3 Å². The number of halogens is 1. The van der Waals surface area contributed by atoms with Gasteiger partial charge >= 0.3 is 0 Å². The van der Waals surface area contributed by atoms with Gasteiger partial charge in [0.15, 0.2) is 0 Å². The van der Waals surface area contributed by atoms with E-state index in [2.05, 4.69) is 10.6 Å². The number of carbonyl (C=O) groups excluding carboxylic acids is 2. The third kappa shape index (κ3) is 4.11. The Kier molecular flexibility index (Phi) is 4.93. The molecule has 1 aliphatic carbocycles. The number of hydrogen-bond donors (Lipinski definition) is 2. The Hall–Kier alpha value is -3.41. The van der Waals surface area contributed by atoms with Crippen molar-refractivity contribution in [2.24, 2.45) is 5.92 Å². The average Bonchev–Trinajstić information content (AvgIpc) is 3.30. The van der Waals surface area contributed by atoms with Gasteiger partial charge in [0.05, 0.1) is 18.4 Å². The van der Waals surface area contributed by atoms with E-state index in [-0.39, 0.29) is 35.8 Å². The van der Waals surface area contributed by atoms with E-state index in [1.165, 1.54) is 18.2 Å². The summed E-state index contributed by atoms with van der Waals surface area (Å²) in [6, 6.07) is 17.0. The normalized spacial score (nSPS) is 17.8. The molecule has 0 saturated heterocycles. The highest BCUT2D eigenvalue weighted by molar-refractivity contribution is 5.97. The van der Waals surface area contributed by atoms with Crippen LogP contribution in [0.25, 0.3) is 0 Å². The Bertz CT molecular complexity index is 986. The first kappa shape index (κ1) is 18.0. The van der Waals surface area contributed by atoms with Crippen LogP contribution in [0.2, 0.25) is 0 Å². The molecule has 1 aromatic heterocycles. The summed E-state index contributed by atoms with van der Waals surface area (Å²) in [5.74, 6) is -0.302. The topological polar surface area (TPSA) is 71.3 Å². The summed E-state index contributed by atoms with van der Waals surface area (Å²) in [6.45, 7) is 0. The third-order valence-electron chi connectivity index (χ3n) is 4.75. The lowest BCUT2D eigenvalue weighted by Gasteiger charge is -2.10. The molecule has 0 spiro atoms. The highest BCUT2D eigenvalue weighted by Crippen LogP contribution is 2.48. The van der Waals surface area contributed by atoms with Gasteiger partial charge in [0.25, 0.3) is 0 Å². The molecule has 1 saturated carbocycles. The van der Waals surface area contributed by atoms with Crippen LogP contribution in [0.4, 0.5) is 15.8 Å². The minimum Gasteiger partial charge on any atom is -0.469 e. The van der Waals surface area contributed by atoms with Crippen molar-refractivity contribution in [2.45, 2.75) is 18.8 Å². The summed E-state index contributed by atoms with van der Waals surface area (Å²) in [5, 5.41) is 5.36. The molecule has 0 bridgehead atoms. The van der Waals surface area contributed by atoms with Gasteiger partial charge in [-0.3, -0.25) is 9.59 Å². The van der Waals surface area contributed by atoms with E-state index in [0.717, 1.165) is 17.7 Å². The van der Waals surface area contributed by atoms with Gasteiger partial charge in [0.1, 0.15) is 11.6 Å². The van der Waals surface area contributed by atoms with Crippen molar-refractivity contribution in [3.05, 3.63) is 84.1 Å². The molecule has 2 atom stereocenters. The van der Waals surface area contributed by atoms with Crippen molar-refractivity contribution in [1.82, 2.24) is 0 Å². The van der Waals surface area contributed by atoms with Crippen molar-refractivity contribution in [2.75, 3.05) is 10.6 Å². The maximum absolute atomic E-state index is 14.1. The lowest BCUT2D eigenvalue weighted by Crippen LogP contribution is -2.17. The second kappa shape index (κ2) is 7.68. The largest absolute Gasteiger partial charge is 0.469 e. The Morgan fingerprint density at radius 3 is 2.61 bits per heavy atom. The van der Waals surface area contributed by atoms with Gasteiger partial charge in [0, 0.05) is 17.5 Å². The summed E-state index contributed by atoms with van der Waals surface area (Å²) in [5.41, 5.74) is 1.31. The average molecular weight is 378 g/mol. The van der Waals surface area contributed by atoms with E-state index >= 15 is 0 Å². The monoisotopic (exact) mass is 378 g/mol. The van der Waals surface area contributed by atoms with Gasteiger partial charge in [-0.15, -0.1) is 0 Å². The zero-order chi connectivity index (χ0) is 19.5. The first-order valence-electron chi connectivity index (χ1n) is 9.08. The van der Waals surface area contributed by atoms with Crippen LogP contribution in [0, 0.1) is 11.7 Å². The number of amides is 2.